The summed E-state index contributed by atoms with van der Waals surface area (Å²) in [6.45, 7) is 4.03. The number of rotatable bonds is 5. The van der Waals surface area contributed by atoms with E-state index in [4.69, 9.17) is 5.73 Å². The first-order valence-electron chi connectivity index (χ1n) is 12.0. The van der Waals surface area contributed by atoms with Crippen molar-refractivity contribution in [2.24, 2.45) is 5.73 Å². The summed E-state index contributed by atoms with van der Waals surface area (Å²) in [5.41, 5.74) is 11.0. The molecule has 1 fully saturated rings. The third-order valence-electron chi connectivity index (χ3n) is 6.97. The molecule has 2 aromatic carbocycles. The standard InChI is InChI=1S/C26H26N8O2S/c1-31-11-13-33(14-12-31)17-8-6-16(7-9-17)22-21-23(30-29-22)18-4-3-5-19(20(18)24(21)35)34(25(27)36)32(2)26-28-10-15-37-26/h3-10,15H,11-14H2,1-2H3,(H2,27,36)(H,29,30). The molecule has 3 heterocycles. The van der Waals surface area contributed by atoms with Gasteiger partial charge in [-0.05, 0) is 25.2 Å². The van der Waals surface area contributed by atoms with Crippen LogP contribution in [-0.4, -0.2) is 72.2 Å². The topological polar surface area (TPSA) is 115 Å². The first kappa shape index (κ1) is 23.2. The van der Waals surface area contributed by atoms with Crippen LogP contribution < -0.4 is 20.7 Å². The minimum Gasteiger partial charge on any atom is -0.369 e. The van der Waals surface area contributed by atoms with E-state index in [2.05, 4.69) is 44.2 Å². The number of primary amides is 1. The fourth-order valence-corrected chi connectivity index (χ4v) is 5.64. The second-order valence-electron chi connectivity index (χ2n) is 9.18. The number of hydrazine groups is 1. The number of hydrogen-bond donors (Lipinski definition) is 2. The molecule has 10 nitrogen and oxygen atoms in total. The van der Waals surface area contributed by atoms with E-state index in [0.717, 1.165) is 37.4 Å². The highest BCUT2D eigenvalue weighted by Crippen LogP contribution is 2.44. The molecular weight excluding hydrogens is 488 g/mol. The minimum atomic E-state index is -0.715. The highest BCUT2D eigenvalue weighted by molar-refractivity contribution is 7.13. The lowest BCUT2D eigenvalue weighted by Crippen LogP contribution is -2.48. The Hall–Kier alpha value is -4.22. The monoisotopic (exact) mass is 514 g/mol. The van der Waals surface area contributed by atoms with E-state index in [1.54, 1.807) is 30.4 Å². The van der Waals surface area contributed by atoms with E-state index >= 15 is 0 Å². The Kier molecular flexibility index (Phi) is 5.65. The normalized spacial score (nSPS) is 15.0. The average molecular weight is 515 g/mol. The summed E-state index contributed by atoms with van der Waals surface area (Å²) in [6.07, 6.45) is 1.65. The van der Waals surface area contributed by atoms with Crippen LogP contribution >= 0.6 is 11.3 Å². The van der Waals surface area contributed by atoms with Gasteiger partial charge in [0.1, 0.15) is 5.69 Å². The van der Waals surface area contributed by atoms with Crippen LogP contribution in [0.25, 0.3) is 22.5 Å². The molecule has 3 N–H and O–H groups in total. The lowest BCUT2D eigenvalue weighted by Gasteiger charge is -2.34. The second-order valence-corrected chi connectivity index (χ2v) is 10.0. The molecule has 188 valence electrons. The van der Waals surface area contributed by atoms with Crippen LogP contribution in [0.5, 0.6) is 0 Å². The highest BCUT2D eigenvalue weighted by Gasteiger charge is 2.37. The van der Waals surface area contributed by atoms with Crippen LogP contribution in [0.2, 0.25) is 0 Å². The number of piperazine rings is 1. The van der Waals surface area contributed by atoms with Gasteiger partial charge < -0.3 is 15.5 Å². The zero-order valence-corrected chi connectivity index (χ0v) is 21.3. The number of benzene rings is 2. The summed E-state index contributed by atoms with van der Waals surface area (Å²) >= 11 is 1.36. The Bertz CT molecular complexity index is 1470. The van der Waals surface area contributed by atoms with Crippen molar-refractivity contribution in [3.8, 4) is 22.5 Å². The number of nitrogens with one attached hydrogen (secondary N) is 1. The molecule has 2 amide bonds. The number of anilines is 3. The summed E-state index contributed by atoms with van der Waals surface area (Å²) in [6, 6.07) is 12.8. The Balaban J connectivity index is 1.35. The smallest absolute Gasteiger partial charge is 0.338 e. The average Bonchev–Trinajstić information content (AvgIpc) is 3.64. The summed E-state index contributed by atoms with van der Waals surface area (Å²) < 4.78 is 0. The van der Waals surface area contributed by atoms with Crippen LogP contribution in [0.1, 0.15) is 15.9 Å². The number of hydrogen-bond acceptors (Lipinski definition) is 8. The number of carbonyl (C=O) groups is 2. The molecule has 11 heteroatoms. The van der Waals surface area contributed by atoms with E-state index < -0.39 is 6.03 Å². The number of carbonyl (C=O) groups excluding carboxylic acids is 2. The quantitative estimate of drug-likeness (QED) is 0.345. The van der Waals surface area contributed by atoms with Crippen molar-refractivity contribution < 1.29 is 9.59 Å². The Labute approximate surface area is 217 Å². The van der Waals surface area contributed by atoms with E-state index in [9.17, 15) is 9.59 Å². The number of aromatic amines is 1. The van der Waals surface area contributed by atoms with Gasteiger partial charge >= 0.3 is 6.03 Å². The van der Waals surface area contributed by atoms with Crippen molar-refractivity contribution >= 4 is 39.7 Å². The number of aromatic nitrogens is 3. The van der Waals surface area contributed by atoms with Gasteiger partial charge in [-0.1, -0.05) is 24.3 Å². The maximum absolute atomic E-state index is 13.9. The fourth-order valence-electron chi connectivity index (χ4n) is 5.04. The number of fused-ring (bicyclic) bond motifs is 3. The first-order chi connectivity index (χ1) is 17.9. The molecule has 0 unspecified atom stereocenters. The Morgan fingerprint density at radius 2 is 1.84 bits per heavy atom. The zero-order valence-electron chi connectivity index (χ0n) is 20.5. The van der Waals surface area contributed by atoms with Gasteiger partial charge in [0.15, 0.2) is 5.78 Å². The van der Waals surface area contributed by atoms with Crippen LogP contribution in [0, 0.1) is 0 Å². The van der Waals surface area contributed by atoms with Gasteiger partial charge in [0.2, 0.25) is 5.13 Å². The van der Waals surface area contributed by atoms with Crippen LogP contribution in [0.4, 0.5) is 21.3 Å². The van der Waals surface area contributed by atoms with Gasteiger partial charge in [0.25, 0.3) is 0 Å². The first-order valence-corrected chi connectivity index (χ1v) is 12.8. The van der Waals surface area contributed by atoms with E-state index in [-0.39, 0.29) is 5.78 Å². The number of urea groups is 1. The van der Waals surface area contributed by atoms with Crippen molar-refractivity contribution in [2.75, 3.05) is 55.2 Å². The largest absolute Gasteiger partial charge is 0.369 e. The maximum atomic E-state index is 13.9. The van der Waals surface area contributed by atoms with E-state index in [1.165, 1.54) is 16.3 Å². The summed E-state index contributed by atoms with van der Waals surface area (Å²) in [5.74, 6) is -0.203. The second kappa shape index (κ2) is 9.02. The molecule has 0 bridgehead atoms. The van der Waals surface area contributed by atoms with Gasteiger partial charge in [0.05, 0.1) is 22.5 Å². The predicted molar refractivity (Wildman–Crippen MR) is 145 cm³/mol. The van der Waals surface area contributed by atoms with Gasteiger partial charge in [-0.2, -0.15) is 5.10 Å². The molecule has 0 radical (unpaired) electrons. The number of nitrogens with two attached hydrogens (primary N) is 1. The van der Waals surface area contributed by atoms with Crippen LogP contribution in [0.15, 0.2) is 54.0 Å². The van der Waals surface area contributed by atoms with Crippen molar-refractivity contribution in [3.05, 3.63) is 65.2 Å². The summed E-state index contributed by atoms with van der Waals surface area (Å²) in [5, 5.41) is 12.8. The number of H-pyrrole nitrogens is 1. The van der Waals surface area contributed by atoms with Crippen molar-refractivity contribution in [1.29, 1.82) is 0 Å². The van der Waals surface area contributed by atoms with Crippen molar-refractivity contribution in [1.82, 2.24) is 20.1 Å². The molecule has 0 saturated carbocycles. The van der Waals surface area contributed by atoms with Crippen molar-refractivity contribution in [2.45, 2.75) is 0 Å². The van der Waals surface area contributed by atoms with Crippen LogP contribution in [0.3, 0.4) is 0 Å². The zero-order chi connectivity index (χ0) is 25.7. The predicted octanol–water partition coefficient (Wildman–Crippen LogP) is 3.43. The highest BCUT2D eigenvalue weighted by atomic mass is 32.1. The lowest BCUT2D eigenvalue weighted by atomic mass is 10.0. The Morgan fingerprint density at radius 3 is 2.51 bits per heavy atom. The molecule has 0 spiro atoms. The molecule has 1 saturated heterocycles. The van der Waals surface area contributed by atoms with E-state index in [0.29, 0.717) is 38.9 Å². The van der Waals surface area contributed by atoms with Crippen LogP contribution in [-0.2, 0) is 0 Å². The number of nitrogens with zero attached hydrogens (tertiary/aromatic N) is 6. The third-order valence-corrected chi connectivity index (χ3v) is 7.81. The number of thiazole rings is 1. The molecule has 2 aromatic heterocycles. The number of amides is 2. The lowest BCUT2D eigenvalue weighted by molar-refractivity contribution is 0.104. The molecule has 1 aliphatic heterocycles. The summed E-state index contributed by atoms with van der Waals surface area (Å²) in [7, 11) is 3.83. The minimum absolute atomic E-state index is 0.203. The number of likely N-dealkylation sites (N-methyl/N-ethyl adjacent to an activating group) is 1. The third kappa shape index (κ3) is 3.83. The van der Waals surface area contributed by atoms with Gasteiger partial charge in [0, 0.05) is 61.6 Å². The Morgan fingerprint density at radius 1 is 1.08 bits per heavy atom. The molecule has 0 atom stereocenters. The molecular formula is C26H26N8O2S. The van der Waals surface area contributed by atoms with Gasteiger partial charge in [-0.3, -0.25) is 14.9 Å². The molecule has 6 rings (SSSR count). The van der Waals surface area contributed by atoms with Gasteiger partial charge in [-0.15, -0.1) is 11.3 Å². The van der Waals surface area contributed by atoms with Crippen molar-refractivity contribution in [3.63, 3.8) is 0 Å². The summed E-state index contributed by atoms with van der Waals surface area (Å²) in [4.78, 5) is 35.4. The molecule has 4 aromatic rings. The maximum Gasteiger partial charge on any atom is 0.338 e. The SMILES string of the molecule is CN1CCN(c2ccc(-c3n[nH]c4c3C(=O)c3c-4cccc3N(C(N)=O)N(C)c3nccs3)cc2)CC1. The molecule has 37 heavy (non-hydrogen) atoms. The van der Waals surface area contributed by atoms with E-state index in [1.807, 2.05) is 23.6 Å². The molecule has 2 aliphatic rings. The van der Waals surface area contributed by atoms with Gasteiger partial charge in [-0.25, -0.2) is 14.8 Å². The fraction of sp³-hybridized carbons (Fsp3) is 0.231. The molecule has 1 aliphatic carbocycles. The number of ketones is 1.